The van der Waals surface area contributed by atoms with Crippen LogP contribution in [0.1, 0.15) is 89.8 Å². The van der Waals surface area contributed by atoms with Crippen molar-refractivity contribution in [3.8, 4) is 11.3 Å². The van der Waals surface area contributed by atoms with Crippen LogP contribution < -0.4 is 0 Å². The Morgan fingerprint density at radius 2 is 1.48 bits per heavy atom. The molecule has 2 aromatic rings. The van der Waals surface area contributed by atoms with Crippen molar-refractivity contribution in [3.63, 3.8) is 0 Å². The average molecular weight is 367 g/mol. The van der Waals surface area contributed by atoms with Gasteiger partial charge in [-0.3, -0.25) is 0 Å². The summed E-state index contributed by atoms with van der Waals surface area (Å²) in [6, 6.07) is 13.2. The summed E-state index contributed by atoms with van der Waals surface area (Å²) in [7, 11) is 0. The van der Waals surface area contributed by atoms with E-state index in [4.69, 9.17) is 0 Å². The third-order valence-corrected chi connectivity index (χ3v) is 5.62. The second-order valence-corrected chi connectivity index (χ2v) is 8.03. The highest BCUT2D eigenvalue weighted by atomic mass is 15.1. The minimum absolute atomic E-state index is 0.845. The maximum atomic E-state index is 4.45. The molecule has 2 rings (SSSR count). The van der Waals surface area contributed by atoms with E-state index in [9.17, 15) is 0 Å². The van der Waals surface area contributed by atoms with Gasteiger partial charge in [0.2, 0.25) is 0 Å². The van der Waals surface area contributed by atoms with Crippen molar-refractivity contribution in [1.82, 2.24) is 10.2 Å². The van der Waals surface area contributed by atoms with E-state index in [1.54, 1.807) is 0 Å². The molecular formula is C25H38N2. The largest absolute Gasteiger partial charge is 0.155 e. The summed E-state index contributed by atoms with van der Waals surface area (Å²) in [5.41, 5.74) is 4.70. The summed E-state index contributed by atoms with van der Waals surface area (Å²) in [4.78, 5) is 0. The predicted octanol–water partition coefficient (Wildman–Crippen LogP) is 7.42. The molecule has 0 aliphatic rings. The Morgan fingerprint density at radius 3 is 2.15 bits per heavy atom. The fourth-order valence-electron chi connectivity index (χ4n) is 3.43. The van der Waals surface area contributed by atoms with Crippen LogP contribution >= 0.6 is 0 Å². The Bertz CT molecular complexity index is 616. The molecule has 27 heavy (non-hydrogen) atoms. The molecular weight excluding hydrogens is 328 g/mol. The third kappa shape index (κ3) is 8.24. The highest BCUT2D eigenvalue weighted by Crippen LogP contribution is 2.19. The molecule has 148 valence electrons. The lowest BCUT2D eigenvalue weighted by Gasteiger charge is -2.07. The monoisotopic (exact) mass is 366 g/mol. The minimum atomic E-state index is 0.845. The fourth-order valence-corrected chi connectivity index (χ4v) is 3.43. The van der Waals surface area contributed by atoms with Gasteiger partial charge in [0.05, 0.1) is 11.4 Å². The van der Waals surface area contributed by atoms with Crippen LogP contribution in [0.15, 0.2) is 36.4 Å². The van der Waals surface area contributed by atoms with Crippen LogP contribution in [-0.2, 0) is 12.8 Å². The van der Waals surface area contributed by atoms with Gasteiger partial charge in [0.1, 0.15) is 0 Å². The molecule has 0 saturated heterocycles. The molecule has 0 radical (unpaired) electrons. The minimum Gasteiger partial charge on any atom is -0.155 e. The number of benzene rings is 1. The zero-order valence-corrected chi connectivity index (χ0v) is 17.7. The van der Waals surface area contributed by atoms with Crippen molar-refractivity contribution in [2.24, 2.45) is 5.92 Å². The Labute approximate surface area is 166 Å². The second kappa shape index (κ2) is 12.6. The molecule has 0 aliphatic heterocycles. The van der Waals surface area contributed by atoms with Crippen LogP contribution in [0.5, 0.6) is 0 Å². The van der Waals surface area contributed by atoms with E-state index in [0.29, 0.717) is 0 Å². The quantitative estimate of drug-likeness (QED) is 0.345. The lowest BCUT2D eigenvalue weighted by Crippen LogP contribution is -1.97. The number of aromatic nitrogens is 2. The van der Waals surface area contributed by atoms with Crippen LogP contribution in [0.3, 0.4) is 0 Å². The Morgan fingerprint density at radius 1 is 0.741 bits per heavy atom. The zero-order chi connectivity index (χ0) is 19.3. The number of unbranched alkanes of at least 4 members (excludes halogenated alkanes) is 5. The van der Waals surface area contributed by atoms with Gasteiger partial charge in [0.15, 0.2) is 0 Å². The van der Waals surface area contributed by atoms with Crippen molar-refractivity contribution < 1.29 is 0 Å². The van der Waals surface area contributed by atoms with Crippen molar-refractivity contribution in [2.45, 2.75) is 91.4 Å². The van der Waals surface area contributed by atoms with Crippen molar-refractivity contribution in [3.05, 3.63) is 47.7 Å². The highest BCUT2D eigenvalue weighted by Gasteiger charge is 2.03. The van der Waals surface area contributed by atoms with Crippen molar-refractivity contribution in [1.29, 1.82) is 0 Å². The number of rotatable bonds is 13. The molecule has 1 unspecified atom stereocenters. The topological polar surface area (TPSA) is 25.8 Å². The van der Waals surface area contributed by atoms with Gasteiger partial charge in [-0.15, -0.1) is 0 Å². The standard InChI is InChI=1S/C25H38N2/c1-4-6-7-8-9-13-22-15-17-23(18-16-22)25-20-19-24(26-27-25)14-11-10-12-21(3)5-2/h15-21H,4-14H2,1-3H3. The Hall–Kier alpha value is -1.70. The Balaban J connectivity index is 1.77. The van der Waals surface area contributed by atoms with E-state index in [1.165, 1.54) is 75.3 Å². The van der Waals surface area contributed by atoms with Crippen molar-refractivity contribution in [2.75, 3.05) is 0 Å². The molecule has 2 heteroatoms. The van der Waals surface area contributed by atoms with Gasteiger partial charge < -0.3 is 0 Å². The molecule has 0 saturated carbocycles. The molecule has 1 aromatic heterocycles. The van der Waals surface area contributed by atoms with E-state index in [1.807, 2.05) is 0 Å². The zero-order valence-electron chi connectivity index (χ0n) is 17.7. The fraction of sp³-hybridized carbons (Fsp3) is 0.600. The summed E-state index contributed by atoms with van der Waals surface area (Å²) in [5.74, 6) is 0.845. The van der Waals surface area contributed by atoms with Crippen molar-refractivity contribution >= 4 is 0 Å². The maximum absolute atomic E-state index is 4.45. The highest BCUT2D eigenvalue weighted by molar-refractivity contribution is 5.58. The van der Waals surface area contributed by atoms with Crippen LogP contribution in [0.4, 0.5) is 0 Å². The molecule has 0 fully saturated rings. The van der Waals surface area contributed by atoms with E-state index in [-0.39, 0.29) is 0 Å². The van der Waals surface area contributed by atoms with Gasteiger partial charge in [-0.1, -0.05) is 90.0 Å². The van der Waals surface area contributed by atoms with E-state index < -0.39 is 0 Å². The molecule has 0 N–H and O–H groups in total. The van der Waals surface area contributed by atoms with E-state index >= 15 is 0 Å². The van der Waals surface area contributed by atoms with Gasteiger partial charge in [-0.2, -0.15) is 10.2 Å². The molecule has 2 nitrogen and oxygen atoms in total. The van der Waals surface area contributed by atoms with Gasteiger partial charge in [-0.05, 0) is 49.3 Å². The van der Waals surface area contributed by atoms with Gasteiger partial charge in [0.25, 0.3) is 0 Å². The van der Waals surface area contributed by atoms with E-state index in [0.717, 1.165) is 23.7 Å². The molecule has 1 heterocycles. The third-order valence-electron chi connectivity index (χ3n) is 5.62. The second-order valence-electron chi connectivity index (χ2n) is 8.03. The first-order chi connectivity index (χ1) is 13.2. The molecule has 0 aliphatic carbocycles. The maximum Gasteiger partial charge on any atom is 0.0929 e. The first-order valence-electron chi connectivity index (χ1n) is 11.1. The summed E-state index contributed by atoms with van der Waals surface area (Å²) in [6.45, 7) is 6.88. The molecule has 0 spiro atoms. The van der Waals surface area contributed by atoms with Gasteiger partial charge >= 0.3 is 0 Å². The van der Waals surface area contributed by atoms with Crippen LogP contribution in [0.2, 0.25) is 0 Å². The lowest BCUT2D eigenvalue weighted by atomic mass is 10.0. The number of hydrogen-bond donors (Lipinski definition) is 0. The first kappa shape index (κ1) is 21.6. The number of aryl methyl sites for hydroxylation is 2. The lowest BCUT2D eigenvalue weighted by molar-refractivity contribution is 0.483. The number of hydrogen-bond acceptors (Lipinski definition) is 2. The molecule has 0 amide bonds. The molecule has 1 atom stereocenters. The average Bonchev–Trinajstić information content (AvgIpc) is 2.72. The van der Waals surface area contributed by atoms with Crippen LogP contribution in [0.25, 0.3) is 11.3 Å². The normalized spacial score (nSPS) is 12.3. The van der Waals surface area contributed by atoms with E-state index in [2.05, 4.69) is 67.4 Å². The van der Waals surface area contributed by atoms with Gasteiger partial charge in [0, 0.05) is 5.56 Å². The van der Waals surface area contributed by atoms with Gasteiger partial charge in [-0.25, -0.2) is 0 Å². The summed E-state index contributed by atoms with van der Waals surface area (Å²) in [6.07, 6.45) is 14.0. The smallest absolute Gasteiger partial charge is 0.0929 e. The number of nitrogens with zero attached hydrogens (tertiary/aromatic N) is 2. The SMILES string of the molecule is CCCCCCCc1ccc(-c2ccc(CCCCC(C)CC)nn2)cc1. The predicted molar refractivity (Wildman–Crippen MR) is 117 cm³/mol. The Kier molecular flexibility index (Phi) is 10.1. The molecule has 0 bridgehead atoms. The van der Waals surface area contributed by atoms with Crippen LogP contribution in [-0.4, -0.2) is 10.2 Å². The summed E-state index contributed by atoms with van der Waals surface area (Å²) >= 11 is 0. The first-order valence-corrected chi connectivity index (χ1v) is 11.1. The summed E-state index contributed by atoms with van der Waals surface area (Å²) in [5, 5.41) is 8.90. The summed E-state index contributed by atoms with van der Waals surface area (Å²) < 4.78 is 0. The van der Waals surface area contributed by atoms with Crippen LogP contribution in [0, 0.1) is 5.92 Å². The molecule has 1 aromatic carbocycles.